The van der Waals surface area contributed by atoms with E-state index >= 15 is 0 Å². The van der Waals surface area contributed by atoms with Gasteiger partial charge >= 0.3 is 5.69 Å². The van der Waals surface area contributed by atoms with Gasteiger partial charge in [-0.05, 0) is 25.1 Å². The molecule has 0 aliphatic carbocycles. The first kappa shape index (κ1) is 18.2. The van der Waals surface area contributed by atoms with Gasteiger partial charge < -0.3 is 4.74 Å². The van der Waals surface area contributed by atoms with E-state index in [-0.39, 0.29) is 11.7 Å². The molecular formula is C18H20N4O3. The summed E-state index contributed by atoms with van der Waals surface area (Å²) in [5, 5.41) is 8.99. The maximum absolute atomic E-state index is 12.2. The summed E-state index contributed by atoms with van der Waals surface area (Å²) in [6.07, 6.45) is 0. The van der Waals surface area contributed by atoms with Crippen LogP contribution in [0.5, 0.6) is 5.75 Å². The predicted octanol–water partition coefficient (Wildman–Crippen LogP) is 2.03. The van der Waals surface area contributed by atoms with E-state index in [1.807, 2.05) is 19.9 Å². The molecule has 25 heavy (non-hydrogen) atoms. The summed E-state index contributed by atoms with van der Waals surface area (Å²) >= 11 is 0. The fraction of sp³-hybridized carbons (Fsp3) is 0.333. The molecule has 7 heteroatoms. The van der Waals surface area contributed by atoms with Crippen LogP contribution in [0.4, 0.5) is 5.82 Å². The van der Waals surface area contributed by atoms with Crippen LogP contribution in [0.1, 0.15) is 25.0 Å². The summed E-state index contributed by atoms with van der Waals surface area (Å²) in [6, 6.07) is 8.76. The second kappa shape index (κ2) is 7.18. The molecule has 0 aliphatic rings. The summed E-state index contributed by atoms with van der Waals surface area (Å²) < 4.78 is 8.17. The molecule has 2 rings (SSSR count). The van der Waals surface area contributed by atoms with Crippen molar-refractivity contribution in [2.45, 2.75) is 20.8 Å². The Kier molecular flexibility index (Phi) is 5.22. The largest absolute Gasteiger partial charge is 0.443 e. The zero-order chi connectivity index (χ0) is 18.7. The van der Waals surface area contributed by atoms with Crippen molar-refractivity contribution in [3.63, 3.8) is 0 Å². The van der Waals surface area contributed by atoms with Crippen LogP contribution < -0.4 is 16.0 Å². The Morgan fingerprint density at radius 1 is 1.24 bits per heavy atom. The molecule has 0 N–H and O–H groups in total. The van der Waals surface area contributed by atoms with E-state index in [0.29, 0.717) is 22.8 Å². The van der Waals surface area contributed by atoms with Gasteiger partial charge in [0.25, 0.3) is 5.56 Å². The van der Waals surface area contributed by atoms with Crippen molar-refractivity contribution >= 4 is 11.7 Å². The zero-order valence-electron chi connectivity index (χ0n) is 14.9. The second-order valence-corrected chi connectivity index (χ2v) is 6.00. The third-order valence-electron chi connectivity index (χ3n) is 3.75. The lowest BCUT2D eigenvalue weighted by Gasteiger charge is -2.15. The van der Waals surface area contributed by atoms with Crippen LogP contribution in [0.15, 0.2) is 38.8 Å². The number of aromatic nitrogens is 2. The molecule has 0 fully saturated rings. The first-order valence-corrected chi connectivity index (χ1v) is 7.79. The van der Waals surface area contributed by atoms with E-state index in [2.05, 4.69) is 4.99 Å². The van der Waals surface area contributed by atoms with E-state index in [0.717, 1.165) is 4.57 Å². The number of hydrogen-bond acceptors (Lipinski definition) is 5. The molecule has 1 aromatic carbocycles. The quantitative estimate of drug-likeness (QED) is 0.631. The number of benzene rings is 1. The lowest BCUT2D eigenvalue weighted by atomic mass is 10.2. The summed E-state index contributed by atoms with van der Waals surface area (Å²) in [4.78, 5) is 28.7. The van der Waals surface area contributed by atoms with E-state index in [9.17, 15) is 9.59 Å². The molecule has 0 saturated carbocycles. The van der Waals surface area contributed by atoms with Crippen LogP contribution in [0, 0.1) is 24.2 Å². The van der Waals surface area contributed by atoms with Gasteiger partial charge in [0.15, 0.2) is 5.90 Å². The molecule has 0 amide bonds. The molecule has 0 saturated heterocycles. The van der Waals surface area contributed by atoms with Crippen molar-refractivity contribution < 1.29 is 4.74 Å². The molecular weight excluding hydrogens is 320 g/mol. The Hall–Kier alpha value is -3.14. The van der Waals surface area contributed by atoms with Crippen molar-refractivity contribution in [2.24, 2.45) is 25.0 Å². The lowest BCUT2D eigenvalue weighted by Crippen LogP contribution is -2.38. The van der Waals surface area contributed by atoms with E-state index in [1.165, 1.54) is 11.6 Å². The van der Waals surface area contributed by atoms with Crippen LogP contribution in [-0.2, 0) is 14.1 Å². The first-order valence-electron chi connectivity index (χ1n) is 7.79. The van der Waals surface area contributed by atoms with Crippen molar-refractivity contribution in [2.75, 3.05) is 0 Å². The van der Waals surface area contributed by atoms with Crippen LogP contribution in [-0.4, -0.2) is 15.0 Å². The van der Waals surface area contributed by atoms with Gasteiger partial charge in [-0.1, -0.05) is 19.9 Å². The van der Waals surface area contributed by atoms with Gasteiger partial charge in [0.1, 0.15) is 11.6 Å². The molecule has 7 nitrogen and oxygen atoms in total. The fourth-order valence-corrected chi connectivity index (χ4v) is 2.28. The van der Waals surface area contributed by atoms with Crippen LogP contribution in [0.25, 0.3) is 0 Å². The van der Waals surface area contributed by atoms with Gasteiger partial charge in [0, 0.05) is 20.0 Å². The van der Waals surface area contributed by atoms with E-state index in [4.69, 9.17) is 10.00 Å². The average Bonchev–Trinajstić information content (AvgIpc) is 2.60. The van der Waals surface area contributed by atoms with Gasteiger partial charge in [0.2, 0.25) is 0 Å². The molecule has 0 unspecified atom stereocenters. The molecule has 2 aromatic rings. The third-order valence-corrected chi connectivity index (χ3v) is 3.75. The minimum atomic E-state index is -0.455. The topological polar surface area (TPSA) is 89.4 Å². The summed E-state index contributed by atoms with van der Waals surface area (Å²) in [6.45, 7) is 5.40. The number of ether oxygens (including phenoxy) is 1. The molecule has 0 bridgehead atoms. The molecule has 0 spiro atoms. The minimum absolute atomic E-state index is 0.0932. The average molecular weight is 340 g/mol. The van der Waals surface area contributed by atoms with Gasteiger partial charge in [-0.2, -0.15) is 10.3 Å². The van der Waals surface area contributed by atoms with Gasteiger partial charge in [-0.3, -0.25) is 13.9 Å². The Balaban J connectivity index is 2.57. The van der Waals surface area contributed by atoms with Crippen molar-refractivity contribution in [3.05, 3.63) is 56.2 Å². The highest BCUT2D eigenvalue weighted by molar-refractivity contribution is 5.83. The lowest BCUT2D eigenvalue weighted by molar-refractivity contribution is 0.505. The SMILES string of the molecule is Cc1c(/N=C(/Oc2cccc(C#N)c2)C(C)C)n(C)c(=O)n(C)c1=O. The molecule has 1 aromatic heterocycles. The predicted molar refractivity (Wildman–Crippen MR) is 95.4 cm³/mol. The Bertz CT molecular complexity index is 954. The highest BCUT2D eigenvalue weighted by Gasteiger charge is 2.15. The van der Waals surface area contributed by atoms with Crippen molar-refractivity contribution in [1.29, 1.82) is 5.26 Å². The monoisotopic (exact) mass is 340 g/mol. The standard InChI is InChI=1S/C18H20N4O3/c1-11(2)16(25-14-8-6-7-13(9-14)10-19)20-15-12(3)17(23)22(5)18(24)21(15)4/h6-9,11H,1-5H3/b20-16+. The molecule has 0 atom stereocenters. The Labute approximate surface area is 145 Å². The Morgan fingerprint density at radius 3 is 2.52 bits per heavy atom. The summed E-state index contributed by atoms with van der Waals surface area (Å²) in [5.41, 5.74) is -0.0183. The minimum Gasteiger partial charge on any atom is -0.443 e. The number of nitriles is 1. The molecule has 1 heterocycles. The van der Waals surface area contributed by atoms with Gasteiger partial charge in [0.05, 0.1) is 17.2 Å². The van der Waals surface area contributed by atoms with Crippen LogP contribution in [0.2, 0.25) is 0 Å². The van der Waals surface area contributed by atoms with Crippen LogP contribution >= 0.6 is 0 Å². The smallest absolute Gasteiger partial charge is 0.332 e. The fourth-order valence-electron chi connectivity index (χ4n) is 2.28. The molecule has 0 aliphatic heterocycles. The third kappa shape index (κ3) is 3.69. The van der Waals surface area contributed by atoms with Crippen LogP contribution in [0.3, 0.4) is 0 Å². The van der Waals surface area contributed by atoms with E-state index < -0.39 is 11.2 Å². The maximum Gasteiger partial charge on any atom is 0.332 e. The highest BCUT2D eigenvalue weighted by Crippen LogP contribution is 2.19. The Morgan fingerprint density at radius 2 is 1.92 bits per heavy atom. The normalized spacial score (nSPS) is 11.5. The van der Waals surface area contributed by atoms with Gasteiger partial charge in [-0.25, -0.2) is 4.79 Å². The van der Waals surface area contributed by atoms with E-state index in [1.54, 1.807) is 38.2 Å². The number of hydrogen-bond donors (Lipinski definition) is 0. The zero-order valence-corrected chi connectivity index (χ0v) is 14.9. The van der Waals surface area contributed by atoms with Gasteiger partial charge in [-0.15, -0.1) is 0 Å². The number of aliphatic imine (C=N–C) groups is 1. The molecule has 0 radical (unpaired) electrons. The first-order chi connectivity index (χ1) is 11.8. The summed E-state index contributed by atoms with van der Waals surface area (Å²) in [7, 11) is 2.99. The maximum atomic E-state index is 12.2. The summed E-state index contributed by atoms with van der Waals surface area (Å²) in [5.74, 6) is 0.983. The molecule has 130 valence electrons. The number of nitrogens with zero attached hydrogens (tertiary/aromatic N) is 4. The second-order valence-electron chi connectivity index (χ2n) is 6.00. The highest BCUT2D eigenvalue weighted by atomic mass is 16.5. The van der Waals surface area contributed by atoms with Crippen molar-refractivity contribution in [3.8, 4) is 11.8 Å². The number of rotatable bonds is 3. The van der Waals surface area contributed by atoms with Crippen molar-refractivity contribution in [1.82, 2.24) is 9.13 Å².